The predicted octanol–water partition coefficient (Wildman–Crippen LogP) is 5.52. The zero-order valence-corrected chi connectivity index (χ0v) is 20.0. The van der Waals surface area contributed by atoms with Crippen LogP contribution in [0.4, 0.5) is 4.79 Å². The van der Waals surface area contributed by atoms with Gasteiger partial charge in [0.1, 0.15) is 23.7 Å². The average Bonchev–Trinajstić information content (AvgIpc) is 2.78. The number of rotatable bonds is 12. The molecule has 7 nitrogen and oxygen atoms in total. The lowest BCUT2D eigenvalue weighted by atomic mass is 10.2. The van der Waals surface area contributed by atoms with E-state index in [9.17, 15) is 9.59 Å². The summed E-state index contributed by atoms with van der Waals surface area (Å²) in [7, 11) is 1.35. The summed E-state index contributed by atoms with van der Waals surface area (Å²) in [5.74, 6) is 0.667. The van der Waals surface area contributed by atoms with E-state index in [-0.39, 0.29) is 6.09 Å². The Labute approximate surface area is 196 Å². The highest BCUT2D eigenvalue weighted by Gasteiger charge is 2.15. The van der Waals surface area contributed by atoms with Gasteiger partial charge in [-0.05, 0) is 51.3 Å². The number of amides is 1. The molecule has 0 saturated heterocycles. The molecule has 2 rings (SSSR count). The summed E-state index contributed by atoms with van der Waals surface area (Å²) in [4.78, 5) is 23.6. The normalized spacial score (nSPS) is 10.9. The molecule has 0 radical (unpaired) electrons. The molecule has 2 aromatic carbocycles. The maximum Gasteiger partial charge on any atom is 0.407 e. The minimum absolute atomic E-state index is 0.381. The number of carbonyl (C=O) groups excluding carboxylic acids is 2. The zero-order chi connectivity index (χ0) is 24.1. The molecule has 180 valence electrons. The van der Waals surface area contributed by atoms with Gasteiger partial charge >= 0.3 is 12.1 Å². The minimum atomic E-state index is -0.487. The fourth-order valence-electron chi connectivity index (χ4n) is 2.99. The molecule has 33 heavy (non-hydrogen) atoms. The van der Waals surface area contributed by atoms with Crippen molar-refractivity contribution in [3.8, 4) is 11.5 Å². The van der Waals surface area contributed by atoms with Gasteiger partial charge in [-0.1, -0.05) is 43.2 Å². The fourth-order valence-corrected chi connectivity index (χ4v) is 2.99. The maximum atomic E-state index is 12.0. The van der Waals surface area contributed by atoms with Crippen molar-refractivity contribution in [1.82, 2.24) is 5.32 Å². The van der Waals surface area contributed by atoms with Gasteiger partial charge in [0.2, 0.25) is 0 Å². The van der Waals surface area contributed by atoms with E-state index in [0.717, 1.165) is 31.2 Å². The summed E-state index contributed by atoms with van der Waals surface area (Å²) < 4.78 is 21.8. The lowest BCUT2D eigenvalue weighted by Crippen LogP contribution is -2.32. The van der Waals surface area contributed by atoms with Gasteiger partial charge in [0.15, 0.2) is 0 Å². The largest absolute Gasteiger partial charge is 0.493 e. The smallest absolute Gasteiger partial charge is 0.407 e. The van der Waals surface area contributed by atoms with Crippen molar-refractivity contribution in [2.24, 2.45) is 0 Å². The van der Waals surface area contributed by atoms with Crippen molar-refractivity contribution >= 4 is 12.1 Å². The second kappa shape index (κ2) is 13.4. The number of nitrogens with one attached hydrogen (secondary N) is 1. The van der Waals surface area contributed by atoms with Crippen LogP contribution in [0.15, 0.2) is 48.5 Å². The molecule has 0 saturated carbocycles. The first-order valence-electron chi connectivity index (χ1n) is 11.3. The van der Waals surface area contributed by atoms with E-state index in [1.165, 1.54) is 7.11 Å². The van der Waals surface area contributed by atoms with Crippen molar-refractivity contribution in [3.63, 3.8) is 0 Å². The van der Waals surface area contributed by atoms with Gasteiger partial charge in [-0.25, -0.2) is 9.59 Å². The maximum absolute atomic E-state index is 12.0. The first-order chi connectivity index (χ1) is 15.8. The number of alkyl carbamates (subject to hydrolysis) is 1. The van der Waals surface area contributed by atoms with Gasteiger partial charge in [-0.15, -0.1) is 0 Å². The molecule has 2 aromatic rings. The standard InChI is InChI=1S/C26H35NO6/c1-26(2,3)33-25(29)27-14-10-5-6-11-15-31-22-16-21(24(28)30-4)17-23(18-22)32-19-20-12-8-7-9-13-20/h7-9,12-13,16-18H,5-6,10-11,14-15,19H2,1-4H3,(H,27,29). The van der Waals surface area contributed by atoms with E-state index in [0.29, 0.717) is 36.8 Å². The molecular weight excluding hydrogens is 422 g/mol. The molecule has 0 aliphatic carbocycles. The Morgan fingerprint density at radius 2 is 1.55 bits per heavy atom. The Hall–Kier alpha value is -3.22. The van der Waals surface area contributed by atoms with Crippen LogP contribution in [0, 0.1) is 0 Å². The molecule has 0 atom stereocenters. The fraction of sp³-hybridized carbons (Fsp3) is 0.462. The molecule has 0 aromatic heterocycles. The summed E-state index contributed by atoms with van der Waals surface area (Å²) in [6.07, 6.45) is 3.27. The molecular formula is C26H35NO6. The molecule has 0 fully saturated rings. The van der Waals surface area contributed by atoms with Crippen LogP contribution in [-0.2, 0) is 16.1 Å². The topological polar surface area (TPSA) is 83.1 Å². The zero-order valence-electron chi connectivity index (χ0n) is 20.0. The monoisotopic (exact) mass is 457 g/mol. The summed E-state index contributed by atoms with van der Waals surface area (Å²) >= 11 is 0. The molecule has 0 aliphatic rings. The number of benzene rings is 2. The number of esters is 1. The van der Waals surface area contributed by atoms with Gasteiger partial charge < -0.3 is 24.3 Å². The molecule has 0 unspecified atom stereocenters. The van der Waals surface area contributed by atoms with Crippen molar-refractivity contribution in [1.29, 1.82) is 0 Å². The van der Waals surface area contributed by atoms with E-state index < -0.39 is 11.6 Å². The van der Waals surface area contributed by atoms with Gasteiger partial charge in [0, 0.05) is 12.6 Å². The molecule has 7 heteroatoms. The number of ether oxygens (including phenoxy) is 4. The third kappa shape index (κ3) is 10.8. The van der Waals surface area contributed by atoms with Crippen LogP contribution >= 0.6 is 0 Å². The van der Waals surface area contributed by atoms with Crippen molar-refractivity contribution in [2.75, 3.05) is 20.3 Å². The third-order valence-electron chi connectivity index (χ3n) is 4.56. The van der Waals surface area contributed by atoms with Gasteiger partial charge in [-0.2, -0.15) is 0 Å². The third-order valence-corrected chi connectivity index (χ3v) is 4.56. The Morgan fingerprint density at radius 1 is 0.879 bits per heavy atom. The quantitative estimate of drug-likeness (QED) is 0.334. The van der Waals surface area contributed by atoms with Gasteiger partial charge in [-0.3, -0.25) is 0 Å². The molecule has 1 amide bonds. The highest BCUT2D eigenvalue weighted by Crippen LogP contribution is 2.25. The van der Waals surface area contributed by atoms with Crippen LogP contribution < -0.4 is 14.8 Å². The van der Waals surface area contributed by atoms with Crippen LogP contribution in [0.25, 0.3) is 0 Å². The van der Waals surface area contributed by atoms with E-state index in [1.54, 1.807) is 18.2 Å². The van der Waals surface area contributed by atoms with Crippen LogP contribution in [0.5, 0.6) is 11.5 Å². The lowest BCUT2D eigenvalue weighted by Gasteiger charge is -2.19. The highest BCUT2D eigenvalue weighted by atomic mass is 16.6. The summed E-state index contributed by atoms with van der Waals surface area (Å²) in [5.41, 5.74) is 0.926. The average molecular weight is 458 g/mol. The first kappa shape index (κ1) is 26.0. The predicted molar refractivity (Wildman–Crippen MR) is 127 cm³/mol. The molecule has 0 spiro atoms. The van der Waals surface area contributed by atoms with E-state index >= 15 is 0 Å². The number of methoxy groups -OCH3 is 1. The minimum Gasteiger partial charge on any atom is -0.493 e. The van der Waals surface area contributed by atoms with Crippen LogP contribution in [0.1, 0.15) is 62.4 Å². The van der Waals surface area contributed by atoms with E-state index in [1.807, 2.05) is 51.1 Å². The summed E-state index contributed by atoms with van der Waals surface area (Å²) in [6.45, 7) is 7.01. The molecule has 1 N–H and O–H groups in total. The first-order valence-corrected chi connectivity index (χ1v) is 11.3. The Kier molecular flexibility index (Phi) is 10.5. The van der Waals surface area contributed by atoms with Crippen LogP contribution in [0.2, 0.25) is 0 Å². The number of hydrogen-bond donors (Lipinski definition) is 1. The van der Waals surface area contributed by atoms with Gasteiger partial charge in [0.05, 0.1) is 19.3 Å². The molecule has 0 aliphatic heterocycles. The molecule has 0 bridgehead atoms. The van der Waals surface area contributed by atoms with Gasteiger partial charge in [0.25, 0.3) is 0 Å². The van der Waals surface area contributed by atoms with Crippen LogP contribution in [-0.4, -0.2) is 37.9 Å². The van der Waals surface area contributed by atoms with Crippen molar-refractivity contribution in [2.45, 2.75) is 58.7 Å². The molecule has 0 heterocycles. The van der Waals surface area contributed by atoms with E-state index in [4.69, 9.17) is 18.9 Å². The summed E-state index contributed by atoms with van der Waals surface area (Å²) in [6, 6.07) is 14.9. The Balaban J connectivity index is 1.75. The number of carbonyl (C=O) groups is 2. The highest BCUT2D eigenvalue weighted by molar-refractivity contribution is 5.90. The Bertz CT molecular complexity index is 876. The van der Waals surface area contributed by atoms with Crippen LogP contribution in [0.3, 0.4) is 0 Å². The second-order valence-electron chi connectivity index (χ2n) is 8.65. The number of hydrogen-bond acceptors (Lipinski definition) is 6. The Morgan fingerprint density at radius 3 is 2.21 bits per heavy atom. The summed E-state index contributed by atoms with van der Waals surface area (Å²) in [5, 5.41) is 2.76. The van der Waals surface area contributed by atoms with Crippen molar-refractivity contribution in [3.05, 3.63) is 59.7 Å². The second-order valence-corrected chi connectivity index (χ2v) is 8.65. The SMILES string of the molecule is COC(=O)c1cc(OCCCCCCNC(=O)OC(C)(C)C)cc(OCc2ccccc2)c1. The number of unbranched alkanes of at least 4 members (excludes halogenated alkanes) is 3. The lowest BCUT2D eigenvalue weighted by molar-refractivity contribution is 0.0525. The van der Waals surface area contributed by atoms with Crippen molar-refractivity contribution < 1.29 is 28.5 Å². The van der Waals surface area contributed by atoms with E-state index in [2.05, 4.69) is 5.32 Å².